The van der Waals surface area contributed by atoms with E-state index < -0.39 is 0 Å². The molecule has 1 aromatic heterocycles. The SMILES string of the molecule is Cn1c(CNCCCc2ccccc2)nc2ccccc21. The second-order valence-electron chi connectivity index (χ2n) is 5.34. The number of fused-ring (bicyclic) bond motifs is 1. The van der Waals surface area contributed by atoms with Crippen molar-refractivity contribution in [2.45, 2.75) is 19.4 Å². The van der Waals surface area contributed by atoms with Crippen molar-refractivity contribution in [3.8, 4) is 0 Å². The van der Waals surface area contributed by atoms with Gasteiger partial charge in [-0.25, -0.2) is 4.98 Å². The zero-order chi connectivity index (χ0) is 14.5. The molecule has 0 saturated heterocycles. The van der Waals surface area contributed by atoms with Crippen LogP contribution in [-0.2, 0) is 20.0 Å². The van der Waals surface area contributed by atoms with Gasteiger partial charge in [0.15, 0.2) is 0 Å². The van der Waals surface area contributed by atoms with Crippen molar-refractivity contribution < 1.29 is 0 Å². The maximum Gasteiger partial charge on any atom is 0.123 e. The van der Waals surface area contributed by atoms with Crippen LogP contribution in [0.2, 0.25) is 0 Å². The quantitative estimate of drug-likeness (QED) is 0.702. The number of rotatable bonds is 6. The summed E-state index contributed by atoms with van der Waals surface area (Å²) in [4.78, 5) is 4.67. The summed E-state index contributed by atoms with van der Waals surface area (Å²) in [6.07, 6.45) is 2.27. The van der Waals surface area contributed by atoms with Gasteiger partial charge in [-0.3, -0.25) is 0 Å². The molecule has 108 valence electrons. The normalized spacial score (nSPS) is 11.1. The summed E-state index contributed by atoms with van der Waals surface area (Å²) in [6.45, 7) is 1.83. The Morgan fingerprint density at radius 2 is 1.76 bits per heavy atom. The first-order valence-electron chi connectivity index (χ1n) is 7.49. The first-order valence-corrected chi connectivity index (χ1v) is 7.49. The highest BCUT2D eigenvalue weighted by Crippen LogP contribution is 2.13. The maximum atomic E-state index is 4.67. The molecule has 0 spiro atoms. The number of benzene rings is 2. The Hall–Kier alpha value is -2.13. The predicted molar refractivity (Wildman–Crippen MR) is 87.2 cm³/mol. The molecule has 1 N–H and O–H groups in total. The molecule has 0 atom stereocenters. The molecule has 3 rings (SSSR count). The van der Waals surface area contributed by atoms with E-state index in [4.69, 9.17) is 0 Å². The summed E-state index contributed by atoms with van der Waals surface area (Å²) in [5, 5.41) is 3.49. The van der Waals surface area contributed by atoms with Gasteiger partial charge in [-0.1, -0.05) is 42.5 Å². The Bertz CT molecular complexity index is 701. The summed E-state index contributed by atoms with van der Waals surface area (Å²) in [5.41, 5.74) is 3.67. The average Bonchev–Trinajstić information content (AvgIpc) is 2.85. The Morgan fingerprint density at radius 3 is 2.57 bits per heavy atom. The van der Waals surface area contributed by atoms with Crippen molar-refractivity contribution in [2.75, 3.05) is 6.54 Å². The smallest absolute Gasteiger partial charge is 0.123 e. The standard InChI is InChI=1S/C18H21N3/c1-21-17-12-6-5-11-16(17)20-18(21)14-19-13-7-10-15-8-3-2-4-9-15/h2-6,8-9,11-12,19H,7,10,13-14H2,1H3. The molecule has 0 radical (unpaired) electrons. The van der Waals surface area contributed by atoms with Crippen molar-refractivity contribution in [3.63, 3.8) is 0 Å². The van der Waals surface area contributed by atoms with E-state index in [1.165, 1.54) is 11.1 Å². The third-order valence-corrected chi connectivity index (χ3v) is 3.82. The zero-order valence-electron chi connectivity index (χ0n) is 12.4. The van der Waals surface area contributed by atoms with Crippen molar-refractivity contribution in [3.05, 3.63) is 66.0 Å². The Balaban J connectivity index is 1.49. The van der Waals surface area contributed by atoms with Crippen molar-refractivity contribution in [1.82, 2.24) is 14.9 Å². The molecule has 0 fully saturated rings. The molecule has 3 aromatic rings. The number of aryl methyl sites for hydroxylation is 2. The Labute approximate surface area is 125 Å². The largest absolute Gasteiger partial charge is 0.330 e. The summed E-state index contributed by atoms with van der Waals surface area (Å²) < 4.78 is 2.17. The fourth-order valence-corrected chi connectivity index (χ4v) is 2.62. The Morgan fingerprint density at radius 1 is 1.00 bits per heavy atom. The van der Waals surface area contributed by atoms with Gasteiger partial charge in [0.25, 0.3) is 0 Å². The van der Waals surface area contributed by atoms with Crippen molar-refractivity contribution in [2.24, 2.45) is 7.05 Å². The second kappa shape index (κ2) is 6.55. The number of para-hydroxylation sites is 2. The van der Waals surface area contributed by atoms with Crippen LogP contribution < -0.4 is 5.32 Å². The van der Waals surface area contributed by atoms with E-state index in [9.17, 15) is 0 Å². The minimum Gasteiger partial charge on any atom is -0.330 e. The number of hydrogen-bond donors (Lipinski definition) is 1. The molecule has 0 bridgehead atoms. The fraction of sp³-hybridized carbons (Fsp3) is 0.278. The van der Waals surface area contributed by atoms with Crippen LogP contribution in [0.4, 0.5) is 0 Å². The molecular formula is C18H21N3. The number of aromatic nitrogens is 2. The molecule has 0 aliphatic rings. The zero-order valence-corrected chi connectivity index (χ0v) is 12.4. The van der Waals surface area contributed by atoms with E-state index in [0.717, 1.165) is 37.3 Å². The van der Waals surface area contributed by atoms with Gasteiger partial charge in [-0.2, -0.15) is 0 Å². The van der Waals surface area contributed by atoms with Crippen LogP contribution in [-0.4, -0.2) is 16.1 Å². The van der Waals surface area contributed by atoms with E-state index >= 15 is 0 Å². The lowest BCUT2D eigenvalue weighted by Gasteiger charge is -2.05. The summed E-state index contributed by atoms with van der Waals surface area (Å²) >= 11 is 0. The summed E-state index contributed by atoms with van der Waals surface area (Å²) in [7, 11) is 2.08. The minimum atomic E-state index is 0.819. The molecule has 0 aliphatic heterocycles. The van der Waals surface area contributed by atoms with Gasteiger partial charge >= 0.3 is 0 Å². The number of hydrogen-bond acceptors (Lipinski definition) is 2. The predicted octanol–water partition coefficient (Wildman–Crippen LogP) is 3.30. The summed E-state index contributed by atoms with van der Waals surface area (Å²) in [6, 6.07) is 18.9. The van der Waals surface area contributed by atoms with E-state index in [-0.39, 0.29) is 0 Å². The third kappa shape index (κ3) is 3.31. The fourth-order valence-electron chi connectivity index (χ4n) is 2.62. The van der Waals surface area contributed by atoms with E-state index in [2.05, 4.69) is 70.4 Å². The van der Waals surface area contributed by atoms with Crippen LogP contribution in [0.5, 0.6) is 0 Å². The van der Waals surface area contributed by atoms with Gasteiger partial charge < -0.3 is 9.88 Å². The Kier molecular flexibility index (Phi) is 4.31. The number of nitrogens with zero attached hydrogens (tertiary/aromatic N) is 2. The van der Waals surface area contributed by atoms with Crippen LogP contribution in [0, 0.1) is 0 Å². The van der Waals surface area contributed by atoms with E-state index in [1.54, 1.807) is 0 Å². The van der Waals surface area contributed by atoms with Crippen LogP contribution in [0.3, 0.4) is 0 Å². The molecule has 1 heterocycles. The van der Waals surface area contributed by atoms with Gasteiger partial charge in [-0.05, 0) is 37.1 Å². The molecule has 2 aromatic carbocycles. The summed E-state index contributed by atoms with van der Waals surface area (Å²) in [5.74, 6) is 1.09. The maximum absolute atomic E-state index is 4.67. The van der Waals surface area contributed by atoms with Crippen LogP contribution in [0.25, 0.3) is 11.0 Å². The molecule has 0 amide bonds. The van der Waals surface area contributed by atoms with Crippen LogP contribution in [0.1, 0.15) is 17.8 Å². The lowest BCUT2D eigenvalue weighted by Crippen LogP contribution is -2.17. The molecule has 3 nitrogen and oxygen atoms in total. The second-order valence-corrected chi connectivity index (χ2v) is 5.34. The molecule has 0 aliphatic carbocycles. The molecule has 21 heavy (non-hydrogen) atoms. The first kappa shape index (κ1) is 13.8. The van der Waals surface area contributed by atoms with Crippen LogP contribution >= 0.6 is 0 Å². The van der Waals surface area contributed by atoms with Gasteiger partial charge in [0.2, 0.25) is 0 Å². The topological polar surface area (TPSA) is 29.9 Å². The average molecular weight is 279 g/mol. The first-order chi connectivity index (χ1) is 10.3. The minimum absolute atomic E-state index is 0.819. The lowest BCUT2D eigenvalue weighted by atomic mass is 10.1. The van der Waals surface area contributed by atoms with Gasteiger partial charge in [-0.15, -0.1) is 0 Å². The lowest BCUT2D eigenvalue weighted by molar-refractivity contribution is 0.617. The van der Waals surface area contributed by atoms with Crippen LogP contribution in [0.15, 0.2) is 54.6 Å². The van der Waals surface area contributed by atoms with Gasteiger partial charge in [0.1, 0.15) is 5.82 Å². The molecule has 0 saturated carbocycles. The highest BCUT2D eigenvalue weighted by atomic mass is 15.1. The monoisotopic (exact) mass is 279 g/mol. The number of imidazole rings is 1. The van der Waals surface area contributed by atoms with E-state index in [0.29, 0.717) is 0 Å². The number of nitrogens with one attached hydrogen (secondary N) is 1. The molecular weight excluding hydrogens is 258 g/mol. The van der Waals surface area contributed by atoms with Gasteiger partial charge in [0.05, 0.1) is 17.6 Å². The highest BCUT2D eigenvalue weighted by Gasteiger charge is 2.05. The third-order valence-electron chi connectivity index (χ3n) is 3.82. The van der Waals surface area contributed by atoms with Crippen molar-refractivity contribution in [1.29, 1.82) is 0 Å². The van der Waals surface area contributed by atoms with Gasteiger partial charge in [0, 0.05) is 7.05 Å². The molecule has 3 heteroatoms. The van der Waals surface area contributed by atoms with E-state index in [1.807, 2.05) is 6.07 Å². The highest BCUT2D eigenvalue weighted by molar-refractivity contribution is 5.75. The molecule has 0 unspecified atom stereocenters. The van der Waals surface area contributed by atoms with Crippen molar-refractivity contribution >= 4 is 11.0 Å².